The zero-order valence-corrected chi connectivity index (χ0v) is 12.5. The van der Waals surface area contributed by atoms with Crippen LogP contribution in [0.4, 0.5) is 11.4 Å². The molecule has 0 aliphatic carbocycles. The van der Waals surface area contributed by atoms with Crippen LogP contribution in [0.25, 0.3) is 0 Å². The summed E-state index contributed by atoms with van der Waals surface area (Å²) >= 11 is 5.77. The van der Waals surface area contributed by atoms with Gasteiger partial charge in [0.05, 0.1) is 9.82 Å². The van der Waals surface area contributed by atoms with Crippen LogP contribution < -0.4 is 4.72 Å². The van der Waals surface area contributed by atoms with Crippen molar-refractivity contribution in [3.05, 3.63) is 63.2 Å². The summed E-state index contributed by atoms with van der Waals surface area (Å²) in [6.45, 7) is 1.64. The quantitative estimate of drug-likeness (QED) is 0.689. The highest BCUT2D eigenvalue weighted by Gasteiger charge is 2.22. The van der Waals surface area contributed by atoms with Crippen molar-refractivity contribution in [1.29, 1.82) is 0 Å². The molecule has 0 atom stereocenters. The number of anilines is 1. The van der Waals surface area contributed by atoms with Gasteiger partial charge in [-0.25, -0.2) is 8.42 Å². The van der Waals surface area contributed by atoms with Crippen LogP contribution in [0.5, 0.6) is 0 Å². The maximum Gasteiger partial charge on any atom is 0.293 e. The minimum absolute atomic E-state index is 0.0549. The van der Waals surface area contributed by atoms with Crippen LogP contribution in [0.1, 0.15) is 5.56 Å². The van der Waals surface area contributed by atoms with Crippen molar-refractivity contribution in [3.63, 3.8) is 0 Å². The molecule has 0 bridgehead atoms. The predicted molar refractivity (Wildman–Crippen MR) is 80.1 cm³/mol. The third-order valence-electron chi connectivity index (χ3n) is 2.78. The Bertz CT molecular complexity index is 806. The molecule has 0 saturated heterocycles. The topological polar surface area (TPSA) is 89.3 Å². The first-order valence-corrected chi connectivity index (χ1v) is 7.70. The number of hydrogen-bond acceptors (Lipinski definition) is 4. The number of benzene rings is 2. The van der Waals surface area contributed by atoms with E-state index in [4.69, 9.17) is 11.6 Å². The van der Waals surface area contributed by atoms with Gasteiger partial charge in [-0.05, 0) is 30.7 Å². The average Bonchev–Trinajstić information content (AvgIpc) is 2.38. The van der Waals surface area contributed by atoms with Crippen molar-refractivity contribution in [2.75, 3.05) is 4.72 Å². The number of halogens is 1. The third kappa shape index (κ3) is 3.32. The minimum Gasteiger partial charge on any atom is -0.273 e. The van der Waals surface area contributed by atoms with Crippen LogP contribution in [0, 0.1) is 17.0 Å². The summed E-state index contributed by atoms with van der Waals surface area (Å²) in [5, 5.41) is 11.1. The fourth-order valence-electron chi connectivity index (χ4n) is 1.81. The highest BCUT2D eigenvalue weighted by molar-refractivity contribution is 7.92. The van der Waals surface area contributed by atoms with Gasteiger partial charge >= 0.3 is 0 Å². The number of nitrogens with zero attached hydrogens (tertiary/aromatic N) is 1. The molecule has 0 aliphatic heterocycles. The highest BCUT2D eigenvalue weighted by atomic mass is 35.5. The Balaban J connectivity index is 2.49. The lowest BCUT2D eigenvalue weighted by molar-refractivity contribution is -0.383. The van der Waals surface area contributed by atoms with E-state index in [0.29, 0.717) is 5.56 Å². The molecule has 0 unspecified atom stereocenters. The van der Waals surface area contributed by atoms with Crippen LogP contribution in [0.3, 0.4) is 0 Å². The van der Waals surface area contributed by atoms with E-state index in [1.54, 1.807) is 25.1 Å². The molecule has 0 fully saturated rings. The number of nitro groups is 1. The first-order chi connectivity index (χ1) is 9.81. The van der Waals surface area contributed by atoms with E-state index in [1.807, 2.05) is 0 Å². The molecule has 0 spiro atoms. The first-order valence-electron chi connectivity index (χ1n) is 5.83. The van der Waals surface area contributed by atoms with Crippen LogP contribution >= 0.6 is 11.6 Å². The predicted octanol–water partition coefficient (Wildman–Crippen LogP) is 3.36. The summed E-state index contributed by atoms with van der Waals surface area (Å²) in [6.07, 6.45) is 0. The van der Waals surface area contributed by atoms with E-state index < -0.39 is 14.9 Å². The van der Waals surface area contributed by atoms with Crippen LogP contribution in [0.15, 0.2) is 47.4 Å². The van der Waals surface area contributed by atoms with Crippen molar-refractivity contribution in [2.45, 2.75) is 11.8 Å². The van der Waals surface area contributed by atoms with Gasteiger partial charge in [0.15, 0.2) is 0 Å². The number of sulfonamides is 1. The maximum atomic E-state index is 12.3. The molecular formula is C13H11ClN2O4S. The minimum atomic E-state index is -3.93. The van der Waals surface area contributed by atoms with Gasteiger partial charge in [0.25, 0.3) is 15.7 Å². The van der Waals surface area contributed by atoms with Gasteiger partial charge < -0.3 is 0 Å². The maximum absolute atomic E-state index is 12.3. The molecule has 1 N–H and O–H groups in total. The molecule has 21 heavy (non-hydrogen) atoms. The second-order valence-electron chi connectivity index (χ2n) is 4.29. The standard InChI is InChI=1S/C13H11ClN2O4S/c1-9-4-2-3-5-13(9)21(19,20)15-11-8-10(14)6-7-12(11)16(17)18/h2-8,15H,1H3. The number of nitro benzene ring substituents is 1. The highest BCUT2D eigenvalue weighted by Crippen LogP contribution is 2.30. The molecule has 2 aromatic carbocycles. The molecule has 0 aromatic heterocycles. The van der Waals surface area contributed by atoms with Gasteiger partial charge in [-0.1, -0.05) is 29.8 Å². The molecule has 8 heteroatoms. The third-order valence-corrected chi connectivity index (χ3v) is 4.54. The van der Waals surface area contributed by atoms with Gasteiger partial charge in [-0.15, -0.1) is 0 Å². The zero-order valence-electron chi connectivity index (χ0n) is 10.9. The molecule has 0 amide bonds. The first kappa shape index (κ1) is 15.3. The van der Waals surface area contributed by atoms with Gasteiger partial charge in [0, 0.05) is 11.1 Å². The Hall–Kier alpha value is -2.12. The van der Waals surface area contributed by atoms with Crippen LogP contribution in [0.2, 0.25) is 5.02 Å². The van der Waals surface area contributed by atoms with Gasteiger partial charge in [-0.2, -0.15) is 0 Å². The fraction of sp³-hybridized carbons (Fsp3) is 0.0769. The van der Waals surface area contributed by atoms with Crippen molar-refractivity contribution >= 4 is 33.0 Å². The van der Waals surface area contributed by atoms with E-state index in [2.05, 4.69) is 4.72 Å². The number of nitrogens with one attached hydrogen (secondary N) is 1. The summed E-state index contributed by atoms with van der Waals surface area (Å²) in [6, 6.07) is 10.0. The molecule has 110 valence electrons. The summed E-state index contributed by atoms with van der Waals surface area (Å²) in [5.74, 6) is 0. The van der Waals surface area contributed by atoms with Gasteiger partial charge in [-0.3, -0.25) is 14.8 Å². The Kier molecular flexibility index (Phi) is 4.15. The second kappa shape index (κ2) is 5.71. The average molecular weight is 327 g/mol. The van der Waals surface area contributed by atoms with Crippen molar-refractivity contribution in [2.24, 2.45) is 0 Å². The van der Waals surface area contributed by atoms with E-state index in [-0.39, 0.29) is 21.3 Å². The number of hydrogen-bond donors (Lipinski definition) is 1. The molecule has 0 radical (unpaired) electrons. The normalized spacial score (nSPS) is 11.1. The lowest BCUT2D eigenvalue weighted by atomic mass is 10.2. The van der Waals surface area contributed by atoms with Gasteiger partial charge in [0.1, 0.15) is 5.69 Å². The molecular weight excluding hydrogens is 316 g/mol. The largest absolute Gasteiger partial charge is 0.293 e. The van der Waals surface area contributed by atoms with E-state index >= 15 is 0 Å². The lowest BCUT2D eigenvalue weighted by Gasteiger charge is -2.10. The molecule has 0 heterocycles. The Labute approximate surface area is 126 Å². The summed E-state index contributed by atoms with van der Waals surface area (Å²) in [4.78, 5) is 10.3. The number of rotatable bonds is 4. The summed E-state index contributed by atoms with van der Waals surface area (Å²) in [5.41, 5.74) is 0.00185. The summed E-state index contributed by atoms with van der Waals surface area (Å²) < 4.78 is 26.9. The van der Waals surface area contributed by atoms with Crippen molar-refractivity contribution in [1.82, 2.24) is 0 Å². The van der Waals surface area contributed by atoms with E-state index in [9.17, 15) is 18.5 Å². The monoisotopic (exact) mass is 326 g/mol. The fourth-order valence-corrected chi connectivity index (χ4v) is 3.29. The second-order valence-corrected chi connectivity index (χ2v) is 6.38. The Morgan fingerprint density at radius 2 is 1.86 bits per heavy atom. The smallest absolute Gasteiger partial charge is 0.273 e. The van der Waals surface area contributed by atoms with Crippen LogP contribution in [-0.4, -0.2) is 13.3 Å². The Morgan fingerprint density at radius 1 is 1.19 bits per heavy atom. The van der Waals surface area contributed by atoms with E-state index in [0.717, 1.165) is 6.07 Å². The zero-order chi connectivity index (χ0) is 15.6. The molecule has 6 nitrogen and oxygen atoms in total. The lowest BCUT2D eigenvalue weighted by Crippen LogP contribution is -2.15. The summed E-state index contributed by atoms with van der Waals surface area (Å²) in [7, 11) is -3.93. The Morgan fingerprint density at radius 3 is 2.48 bits per heavy atom. The molecule has 2 aromatic rings. The van der Waals surface area contributed by atoms with Crippen LogP contribution in [-0.2, 0) is 10.0 Å². The molecule has 0 saturated carbocycles. The van der Waals surface area contributed by atoms with Crippen molar-refractivity contribution < 1.29 is 13.3 Å². The molecule has 0 aliphatic rings. The SMILES string of the molecule is Cc1ccccc1S(=O)(=O)Nc1cc(Cl)ccc1[N+](=O)[O-]. The molecule has 2 rings (SSSR count). The number of aryl methyl sites for hydroxylation is 1. The van der Waals surface area contributed by atoms with E-state index in [1.165, 1.54) is 18.2 Å². The van der Waals surface area contributed by atoms with Gasteiger partial charge in [0.2, 0.25) is 0 Å². The van der Waals surface area contributed by atoms with Crippen molar-refractivity contribution in [3.8, 4) is 0 Å².